The SMILES string of the molecule is CCCCCCCCCCCCC[C@H]1OC(=O)C(C)=C1OC=O. The fourth-order valence-electron chi connectivity index (χ4n) is 3.01. The van der Waals surface area contributed by atoms with Gasteiger partial charge in [-0.05, 0) is 19.8 Å². The van der Waals surface area contributed by atoms with Gasteiger partial charge in [-0.2, -0.15) is 0 Å². The lowest BCUT2D eigenvalue weighted by Gasteiger charge is -2.12. The molecule has 4 nitrogen and oxygen atoms in total. The molecule has 0 spiro atoms. The van der Waals surface area contributed by atoms with E-state index in [-0.39, 0.29) is 12.1 Å². The summed E-state index contributed by atoms with van der Waals surface area (Å²) in [6.45, 7) is 4.26. The summed E-state index contributed by atoms with van der Waals surface area (Å²) >= 11 is 0. The maximum absolute atomic E-state index is 11.5. The Kier molecular flexibility index (Phi) is 10.4. The van der Waals surface area contributed by atoms with Crippen LogP contribution in [0.25, 0.3) is 0 Å². The zero-order valence-electron chi connectivity index (χ0n) is 14.8. The quantitative estimate of drug-likeness (QED) is 0.254. The van der Waals surface area contributed by atoms with Crippen LogP contribution in [-0.2, 0) is 19.1 Å². The molecule has 0 amide bonds. The van der Waals surface area contributed by atoms with Gasteiger partial charge in [0, 0.05) is 0 Å². The number of cyclic esters (lactones) is 1. The van der Waals surface area contributed by atoms with Crippen LogP contribution in [-0.4, -0.2) is 18.5 Å². The van der Waals surface area contributed by atoms with Crippen LogP contribution in [0, 0.1) is 0 Å². The minimum absolute atomic E-state index is 0.366. The normalized spacial score (nSPS) is 17.5. The largest absolute Gasteiger partial charge is 0.451 e. The minimum atomic E-state index is -0.369. The fourth-order valence-corrected chi connectivity index (χ4v) is 3.01. The molecule has 0 fully saturated rings. The van der Waals surface area contributed by atoms with E-state index in [4.69, 9.17) is 9.47 Å². The molecule has 0 aromatic rings. The van der Waals surface area contributed by atoms with E-state index in [1.54, 1.807) is 6.92 Å². The van der Waals surface area contributed by atoms with Crippen LogP contribution in [0.15, 0.2) is 11.3 Å². The van der Waals surface area contributed by atoms with Crippen molar-refractivity contribution in [2.45, 2.75) is 97.0 Å². The molecule has 0 unspecified atom stereocenters. The molecule has 0 aliphatic carbocycles. The molecule has 1 aliphatic heterocycles. The van der Waals surface area contributed by atoms with Gasteiger partial charge in [0.15, 0.2) is 11.9 Å². The molecule has 132 valence electrons. The first-order valence-electron chi connectivity index (χ1n) is 9.22. The number of carbonyl (C=O) groups excluding carboxylic acids is 2. The number of hydrogen-bond acceptors (Lipinski definition) is 4. The van der Waals surface area contributed by atoms with E-state index in [0.29, 0.717) is 17.8 Å². The molecule has 23 heavy (non-hydrogen) atoms. The Balaban J connectivity index is 2.01. The van der Waals surface area contributed by atoms with Gasteiger partial charge in [-0.1, -0.05) is 71.1 Å². The Bertz CT molecular complexity index is 387. The average molecular weight is 324 g/mol. The van der Waals surface area contributed by atoms with E-state index in [1.807, 2.05) is 0 Å². The van der Waals surface area contributed by atoms with Crippen molar-refractivity contribution in [1.82, 2.24) is 0 Å². The Morgan fingerprint density at radius 1 is 0.957 bits per heavy atom. The van der Waals surface area contributed by atoms with Crippen molar-refractivity contribution in [2.24, 2.45) is 0 Å². The smallest absolute Gasteiger partial charge is 0.338 e. The second-order valence-electron chi connectivity index (χ2n) is 6.42. The van der Waals surface area contributed by atoms with Gasteiger partial charge < -0.3 is 9.47 Å². The summed E-state index contributed by atoms with van der Waals surface area (Å²) < 4.78 is 10.1. The van der Waals surface area contributed by atoms with Crippen LogP contribution < -0.4 is 0 Å². The maximum atomic E-state index is 11.5. The van der Waals surface area contributed by atoms with Crippen molar-refractivity contribution in [3.63, 3.8) is 0 Å². The molecular weight excluding hydrogens is 292 g/mol. The van der Waals surface area contributed by atoms with E-state index >= 15 is 0 Å². The number of hydrogen-bond donors (Lipinski definition) is 0. The van der Waals surface area contributed by atoms with E-state index in [1.165, 1.54) is 57.8 Å². The summed E-state index contributed by atoms with van der Waals surface area (Å²) in [5, 5.41) is 0. The Morgan fingerprint density at radius 3 is 2.00 bits per heavy atom. The van der Waals surface area contributed by atoms with Crippen LogP contribution in [0.2, 0.25) is 0 Å². The van der Waals surface area contributed by atoms with E-state index in [0.717, 1.165) is 19.3 Å². The Hall–Kier alpha value is -1.32. The maximum Gasteiger partial charge on any atom is 0.338 e. The lowest BCUT2D eigenvalue weighted by atomic mass is 10.0. The van der Waals surface area contributed by atoms with Gasteiger partial charge in [-0.3, -0.25) is 4.79 Å². The van der Waals surface area contributed by atoms with Crippen molar-refractivity contribution >= 4 is 12.4 Å². The highest BCUT2D eigenvalue weighted by atomic mass is 16.6. The number of ether oxygens (including phenoxy) is 2. The van der Waals surface area contributed by atoms with Gasteiger partial charge in [-0.25, -0.2) is 4.79 Å². The molecule has 0 bridgehead atoms. The predicted octanol–water partition coefficient (Wildman–Crippen LogP) is 5.06. The van der Waals surface area contributed by atoms with Gasteiger partial charge >= 0.3 is 5.97 Å². The molecule has 0 saturated heterocycles. The summed E-state index contributed by atoms with van der Waals surface area (Å²) in [6.07, 6.45) is 14.5. The molecular formula is C19H32O4. The number of carbonyl (C=O) groups is 2. The van der Waals surface area contributed by atoms with Gasteiger partial charge in [-0.15, -0.1) is 0 Å². The van der Waals surface area contributed by atoms with E-state index < -0.39 is 0 Å². The molecule has 1 atom stereocenters. The topological polar surface area (TPSA) is 52.6 Å². The monoisotopic (exact) mass is 324 g/mol. The van der Waals surface area contributed by atoms with Gasteiger partial charge in [0.05, 0.1) is 5.57 Å². The van der Waals surface area contributed by atoms with Crippen molar-refractivity contribution in [3.05, 3.63) is 11.3 Å². The fraction of sp³-hybridized carbons (Fsp3) is 0.789. The van der Waals surface area contributed by atoms with E-state index in [2.05, 4.69) is 6.92 Å². The van der Waals surface area contributed by atoms with Crippen LogP contribution in [0.1, 0.15) is 90.9 Å². The third-order valence-corrected chi connectivity index (χ3v) is 4.46. The third kappa shape index (κ3) is 7.67. The second kappa shape index (κ2) is 12.1. The van der Waals surface area contributed by atoms with Crippen molar-refractivity contribution in [1.29, 1.82) is 0 Å². The third-order valence-electron chi connectivity index (χ3n) is 4.46. The highest BCUT2D eigenvalue weighted by Crippen LogP contribution is 2.27. The average Bonchev–Trinajstić information content (AvgIpc) is 2.81. The number of esters is 1. The molecule has 4 heteroatoms. The molecule has 1 heterocycles. The minimum Gasteiger partial charge on any atom is -0.451 e. The zero-order valence-corrected chi connectivity index (χ0v) is 14.8. The predicted molar refractivity (Wildman–Crippen MR) is 90.8 cm³/mol. The number of unbranched alkanes of at least 4 members (excludes halogenated alkanes) is 10. The van der Waals surface area contributed by atoms with Crippen molar-refractivity contribution in [3.8, 4) is 0 Å². The second-order valence-corrected chi connectivity index (χ2v) is 6.42. The molecule has 0 aromatic carbocycles. The first-order valence-corrected chi connectivity index (χ1v) is 9.22. The lowest BCUT2D eigenvalue weighted by molar-refractivity contribution is -0.141. The van der Waals surface area contributed by atoms with Crippen LogP contribution in [0.4, 0.5) is 0 Å². The standard InChI is InChI=1S/C19H32O4/c1-3-4-5-6-7-8-9-10-11-12-13-14-17-18(22-15-20)16(2)19(21)23-17/h15,17H,3-14H2,1-2H3/t17-/m1/s1. The molecule has 1 rings (SSSR count). The van der Waals surface area contributed by atoms with Crippen molar-refractivity contribution < 1.29 is 19.1 Å². The first-order chi connectivity index (χ1) is 11.2. The lowest BCUT2D eigenvalue weighted by Crippen LogP contribution is -2.13. The van der Waals surface area contributed by atoms with Gasteiger partial charge in [0.25, 0.3) is 6.47 Å². The Morgan fingerprint density at radius 2 is 1.48 bits per heavy atom. The highest BCUT2D eigenvalue weighted by Gasteiger charge is 2.32. The summed E-state index contributed by atoms with van der Waals surface area (Å²) in [7, 11) is 0. The van der Waals surface area contributed by atoms with Crippen molar-refractivity contribution in [2.75, 3.05) is 0 Å². The molecule has 0 saturated carbocycles. The summed E-state index contributed by atoms with van der Waals surface area (Å²) in [5.74, 6) is 0.0343. The first kappa shape index (κ1) is 19.7. The Labute approximate surface area is 140 Å². The van der Waals surface area contributed by atoms with E-state index in [9.17, 15) is 9.59 Å². The summed E-state index contributed by atoms with van der Waals surface area (Å²) in [6, 6.07) is 0. The van der Waals surface area contributed by atoms with Crippen LogP contribution in [0.5, 0.6) is 0 Å². The molecule has 0 radical (unpaired) electrons. The van der Waals surface area contributed by atoms with Crippen LogP contribution >= 0.6 is 0 Å². The molecule has 1 aliphatic rings. The summed E-state index contributed by atoms with van der Waals surface area (Å²) in [5.41, 5.74) is 0.421. The van der Waals surface area contributed by atoms with Crippen LogP contribution in [0.3, 0.4) is 0 Å². The summed E-state index contributed by atoms with van der Waals surface area (Å²) in [4.78, 5) is 22.0. The zero-order chi connectivity index (χ0) is 16.9. The molecule has 0 N–H and O–H groups in total. The highest BCUT2D eigenvalue weighted by molar-refractivity contribution is 5.91. The number of rotatable bonds is 14. The van der Waals surface area contributed by atoms with Gasteiger partial charge in [0.1, 0.15) is 0 Å². The van der Waals surface area contributed by atoms with Gasteiger partial charge in [0.2, 0.25) is 0 Å². The molecule has 0 aromatic heterocycles.